The summed E-state index contributed by atoms with van der Waals surface area (Å²) in [5, 5.41) is 1.56. The SMILES string of the molecule is CCS(=O)(=O)N1CCN(c2ncnc3cc(Cl)ccc23)CC1. The number of anilines is 1. The average Bonchev–Trinajstić information content (AvgIpc) is 2.54. The van der Waals surface area contributed by atoms with Crippen molar-refractivity contribution in [1.82, 2.24) is 14.3 Å². The third-order valence-electron chi connectivity index (χ3n) is 3.87. The molecule has 1 aromatic carbocycles. The maximum atomic E-state index is 11.9. The second-order valence-electron chi connectivity index (χ2n) is 5.15. The summed E-state index contributed by atoms with van der Waals surface area (Å²) < 4.78 is 25.4. The molecule has 1 saturated heterocycles. The van der Waals surface area contributed by atoms with Crippen molar-refractivity contribution in [3.63, 3.8) is 0 Å². The van der Waals surface area contributed by atoms with Crippen molar-refractivity contribution >= 4 is 38.3 Å². The second kappa shape index (κ2) is 5.98. The zero-order chi connectivity index (χ0) is 15.7. The largest absolute Gasteiger partial charge is 0.353 e. The normalized spacial score (nSPS) is 17.1. The van der Waals surface area contributed by atoms with Crippen LogP contribution in [0.2, 0.25) is 5.02 Å². The predicted octanol–water partition coefficient (Wildman–Crippen LogP) is 1.75. The minimum absolute atomic E-state index is 0.141. The molecule has 2 heterocycles. The average molecular weight is 341 g/mol. The molecule has 1 fully saturated rings. The Kier molecular flexibility index (Phi) is 4.20. The van der Waals surface area contributed by atoms with E-state index in [9.17, 15) is 8.42 Å². The van der Waals surface area contributed by atoms with E-state index in [4.69, 9.17) is 11.6 Å². The van der Waals surface area contributed by atoms with Gasteiger partial charge in [0.25, 0.3) is 0 Å². The molecule has 8 heteroatoms. The molecule has 1 aromatic heterocycles. The summed E-state index contributed by atoms with van der Waals surface area (Å²) >= 11 is 5.99. The number of piperazine rings is 1. The lowest BCUT2D eigenvalue weighted by molar-refractivity contribution is 0.385. The van der Waals surface area contributed by atoms with Gasteiger partial charge in [0.05, 0.1) is 11.3 Å². The van der Waals surface area contributed by atoms with E-state index in [1.54, 1.807) is 17.3 Å². The van der Waals surface area contributed by atoms with Gasteiger partial charge in [-0.2, -0.15) is 4.31 Å². The molecular formula is C14H17ClN4O2S. The Hall–Kier alpha value is -1.44. The maximum absolute atomic E-state index is 11.9. The van der Waals surface area contributed by atoms with Gasteiger partial charge in [-0.15, -0.1) is 0 Å². The number of hydrogen-bond donors (Lipinski definition) is 0. The molecule has 6 nitrogen and oxygen atoms in total. The van der Waals surface area contributed by atoms with Gasteiger partial charge in [0.2, 0.25) is 10.0 Å². The first-order chi connectivity index (χ1) is 10.5. The number of aromatic nitrogens is 2. The smallest absolute Gasteiger partial charge is 0.213 e. The molecule has 2 aromatic rings. The van der Waals surface area contributed by atoms with Crippen molar-refractivity contribution < 1.29 is 8.42 Å². The molecule has 0 bridgehead atoms. The molecule has 0 unspecified atom stereocenters. The van der Waals surface area contributed by atoms with Crippen molar-refractivity contribution in [2.75, 3.05) is 36.8 Å². The molecule has 3 rings (SSSR count). The fourth-order valence-electron chi connectivity index (χ4n) is 2.63. The van der Waals surface area contributed by atoms with Gasteiger partial charge in [0.15, 0.2) is 0 Å². The summed E-state index contributed by atoms with van der Waals surface area (Å²) in [6, 6.07) is 5.52. The molecule has 1 aliphatic rings. The molecule has 0 aliphatic carbocycles. The summed E-state index contributed by atoms with van der Waals surface area (Å²) in [5.74, 6) is 0.970. The highest BCUT2D eigenvalue weighted by atomic mass is 35.5. The summed E-state index contributed by atoms with van der Waals surface area (Å²) in [4.78, 5) is 10.7. The number of fused-ring (bicyclic) bond motifs is 1. The highest BCUT2D eigenvalue weighted by Gasteiger charge is 2.26. The molecular weight excluding hydrogens is 324 g/mol. The van der Waals surface area contributed by atoms with Gasteiger partial charge in [0.1, 0.15) is 12.1 Å². The maximum Gasteiger partial charge on any atom is 0.213 e. The quantitative estimate of drug-likeness (QED) is 0.851. The van der Waals surface area contributed by atoms with E-state index in [0.717, 1.165) is 16.7 Å². The van der Waals surface area contributed by atoms with E-state index in [2.05, 4.69) is 14.9 Å². The number of benzene rings is 1. The fourth-order valence-corrected chi connectivity index (χ4v) is 3.88. The van der Waals surface area contributed by atoms with Crippen LogP contribution < -0.4 is 4.90 Å². The van der Waals surface area contributed by atoms with Crippen LogP contribution in [0.4, 0.5) is 5.82 Å². The van der Waals surface area contributed by atoms with Crippen LogP contribution in [-0.2, 0) is 10.0 Å². The minimum Gasteiger partial charge on any atom is -0.353 e. The van der Waals surface area contributed by atoms with Crippen molar-refractivity contribution in [3.8, 4) is 0 Å². The van der Waals surface area contributed by atoms with E-state index in [1.165, 1.54) is 6.33 Å². The molecule has 0 radical (unpaired) electrons. The number of hydrogen-bond acceptors (Lipinski definition) is 5. The van der Waals surface area contributed by atoms with Crippen LogP contribution in [0.5, 0.6) is 0 Å². The summed E-state index contributed by atoms with van der Waals surface area (Å²) in [7, 11) is -3.12. The standard InChI is InChI=1S/C14H17ClN4O2S/c1-2-22(20,21)19-7-5-18(6-8-19)14-12-4-3-11(15)9-13(12)16-10-17-14/h3-4,9-10H,2,5-8H2,1H3. The van der Waals surface area contributed by atoms with Gasteiger partial charge in [0, 0.05) is 36.6 Å². The molecule has 0 saturated carbocycles. The van der Waals surface area contributed by atoms with Gasteiger partial charge in [-0.25, -0.2) is 18.4 Å². The monoisotopic (exact) mass is 340 g/mol. The van der Waals surface area contributed by atoms with Crippen LogP contribution in [0, 0.1) is 0 Å². The molecule has 22 heavy (non-hydrogen) atoms. The van der Waals surface area contributed by atoms with Crippen LogP contribution in [0.25, 0.3) is 10.9 Å². The van der Waals surface area contributed by atoms with E-state index in [1.807, 2.05) is 12.1 Å². The Labute approximate surface area is 134 Å². The lowest BCUT2D eigenvalue weighted by Gasteiger charge is -2.34. The number of nitrogens with zero attached hydrogens (tertiary/aromatic N) is 4. The molecule has 0 N–H and O–H groups in total. The Morgan fingerprint density at radius 1 is 1.18 bits per heavy atom. The highest BCUT2D eigenvalue weighted by Crippen LogP contribution is 2.26. The minimum atomic E-state index is -3.12. The van der Waals surface area contributed by atoms with Gasteiger partial charge in [-0.05, 0) is 25.1 Å². The number of rotatable bonds is 3. The van der Waals surface area contributed by atoms with Crippen molar-refractivity contribution in [1.29, 1.82) is 0 Å². The van der Waals surface area contributed by atoms with Crippen LogP contribution in [0.15, 0.2) is 24.5 Å². The first-order valence-corrected chi connectivity index (χ1v) is 9.13. The first kappa shape index (κ1) is 15.5. The van der Waals surface area contributed by atoms with E-state index in [-0.39, 0.29) is 5.75 Å². The van der Waals surface area contributed by atoms with Crippen molar-refractivity contribution in [2.45, 2.75) is 6.92 Å². The number of sulfonamides is 1. The van der Waals surface area contributed by atoms with Crippen LogP contribution in [0.1, 0.15) is 6.92 Å². The third kappa shape index (κ3) is 2.88. The zero-order valence-electron chi connectivity index (χ0n) is 12.2. The van der Waals surface area contributed by atoms with Crippen LogP contribution >= 0.6 is 11.6 Å². The lowest BCUT2D eigenvalue weighted by atomic mass is 10.2. The molecule has 1 aliphatic heterocycles. The summed E-state index contributed by atoms with van der Waals surface area (Å²) in [5.41, 5.74) is 0.793. The molecule has 118 valence electrons. The molecule has 0 amide bonds. The lowest BCUT2D eigenvalue weighted by Crippen LogP contribution is -2.49. The predicted molar refractivity (Wildman–Crippen MR) is 87.8 cm³/mol. The topological polar surface area (TPSA) is 66.4 Å². The van der Waals surface area contributed by atoms with Crippen LogP contribution in [-0.4, -0.2) is 54.6 Å². The zero-order valence-corrected chi connectivity index (χ0v) is 13.8. The first-order valence-electron chi connectivity index (χ1n) is 7.14. The molecule has 0 atom stereocenters. The fraction of sp³-hybridized carbons (Fsp3) is 0.429. The number of halogens is 1. The van der Waals surface area contributed by atoms with E-state index < -0.39 is 10.0 Å². The Balaban J connectivity index is 1.85. The van der Waals surface area contributed by atoms with Gasteiger partial charge in [-0.1, -0.05) is 11.6 Å². The Morgan fingerprint density at radius 3 is 2.59 bits per heavy atom. The Bertz CT molecular complexity index is 789. The second-order valence-corrected chi connectivity index (χ2v) is 7.84. The van der Waals surface area contributed by atoms with Gasteiger partial charge < -0.3 is 4.90 Å². The van der Waals surface area contributed by atoms with Crippen LogP contribution in [0.3, 0.4) is 0 Å². The third-order valence-corrected chi connectivity index (χ3v) is 5.99. The van der Waals surface area contributed by atoms with E-state index >= 15 is 0 Å². The Morgan fingerprint density at radius 2 is 1.91 bits per heavy atom. The molecule has 0 spiro atoms. The van der Waals surface area contributed by atoms with Crippen molar-refractivity contribution in [2.24, 2.45) is 0 Å². The summed E-state index contributed by atoms with van der Waals surface area (Å²) in [6.07, 6.45) is 1.52. The summed E-state index contributed by atoms with van der Waals surface area (Å²) in [6.45, 7) is 3.87. The van der Waals surface area contributed by atoms with Crippen molar-refractivity contribution in [3.05, 3.63) is 29.5 Å². The highest BCUT2D eigenvalue weighted by molar-refractivity contribution is 7.89. The van der Waals surface area contributed by atoms with Gasteiger partial charge >= 0.3 is 0 Å². The van der Waals surface area contributed by atoms with E-state index in [0.29, 0.717) is 31.2 Å². The van der Waals surface area contributed by atoms with Gasteiger partial charge in [-0.3, -0.25) is 0 Å².